The molecule has 0 saturated carbocycles. The Morgan fingerprint density at radius 3 is 2.62 bits per heavy atom. The highest BCUT2D eigenvalue weighted by molar-refractivity contribution is 6.33. The summed E-state index contributed by atoms with van der Waals surface area (Å²) in [6.45, 7) is 0. The van der Waals surface area contributed by atoms with Gasteiger partial charge in [0.15, 0.2) is 0 Å². The fraction of sp³-hybridized carbons (Fsp3) is 0.286. The van der Waals surface area contributed by atoms with Gasteiger partial charge in [0.25, 0.3) is 6.43 Å². The Morgan fingerprint density at radius 1 is 1.54 bits per heavy atom. The minimum Gasteiger partial charge on any atom is -0.397 e. The van der Waals surface area contributed by atoms with Crippen molar-refractivity contribution in [3.63, 3.8) is 0 Å². The van der Waals surface area contributed by atoms with E-state index in [1.807, 2.05) is 0 Å². The van der Waals surface area contributed by atoms with Crippen LogP contribution in [0, 0.1) is 0 Å². The lowest BCUT2D eigenvalue weighted by Crippen LogP contribution is -2.02. The maximum absolute atomic E-state index is 12.4. The molecular weight excluding hydrogens is 221 g/mol. The van der Waals surface area contributed by atoms with E-state index in [9.17, 15) is 8.78 Å². The highest BCUT2D eigenvalue weighted by atomic mass is 35.5. The van der Waals surface area contributed by atoms with E-state index in [2.05, 4.69) is 4.98 Å². The van der Waals surface area contributed by atoms with Crippen molar-refractivity contribution in [2.75, 3.05) is 5.73 Å². The first kappa shape index (κ1) is 10.5. The zero-order valence-electron chi connectivity index (χ0n) is 6.40. The second-order valence-corrected chi connectivity index (χ2v) is 2.99. The molecule has 0 radical (unpaired) electrons. The van der Waals surface area contributed by atoms with Crippen molar-refractivity contribution in [1.82, 2.24) is 4.98 Å². The molecule has 0 saturated heterocycles. The van der Waals surface area contributed by atoms with Crippen molar-refractivity contribution in [3.8, 4) is 0 Å². The predicted molar refractivity (Wildman–Crippen MR) is 48.2 cm³/mol. The Balaban J connectivity index is 3.32. The van der Waals surface area contributed by atoms with E-state index in [-0.39, 0.29) is 27.8 Å². The summed E-state index contributed by atoms with van der Waals surface area (Å²) in [6, 6.07) is 0. The van der Waals surface area contributed by atoms with Crippen LogP contribution in [-0.2, 0) is 5.88 Å². The van der Waals surface area contributed by atoms with Crippen molar-refractivity contribution >= 4 is 28.9 Å². The molecule has 0 aliphatic carbocycles. The number of pyridine rings is 1. The molecule has 0 aliphatic heterocycles. The summed E-state index contributed by atoms with van der Waals surface area (Å²) in [7, 11) is 0. The number of alkyl halides is 3. The number of nitrogens with two attached hydrogens (primary N) is 1. The summed E-state index contributed by atoms with van der Waals surface area (Å²) < 4.78 is 24.8. The number of nitrogen functional groups attached to an aromatic ring is 1. The van der Waals surface area contributed by atoms with Gasteiger partial charge < -0.3 is 5.73 Å². The van der Waals surface area contributed by atoms with E-state index in [1.165, 1.54) is 6.20 Å². The molecule has 2 nitrogen and oxygen atoms in total. The Bertz CT molecular complexity index is 318. The number of hydrogen-bond acceptors (Lipinski definition) is 2. The van der Waals surface area contributed by atoms with Crippen LogP contribution in [-0.4, -0.2) is 4.98 Å². The number of aromatic nitrogens is 1. The zero-order chi connectivity index (χ0) is 10.0. The van der Waals surface area contributed by atoms with Crippen molar-refractivity contribution in [3.05, 3.63) is 22.5 Å². The van der Waals surface area contributed by atoms with Crippen LogP contribution in [0.2, 0.25) is 5.02 Å². The molecule has 2 N–H and O–H groups in total. The average Bonchev–Trinajstić information content (AvgIpc) is 2.08. The lowest BCUT2D eigenvalue weighted by atomic mass is 10.2. The Labute approximate surface area is 83.7 Å². The van der Waals surface area contributed by atoms with Gasteiger partial charge in [0.2, 0.25) is 0 Å². The van der Waals surface area contributed by atoms with Gasteiger partial charge in [-0.2, -0.15) is 0 Å². The molecule has 1 heterocycles. The molecule has 0 atom stereocenters. The van der Waals surface area contributed by atoms with E-state index < -0.39 is 6.43 Å². The predicted octanol–water partition coefficient (Wildman–Crippen LogP) is 2.99. The molecule has 1 rings (SSSR count). The number of hydrogen-bond donors (Lipinski definition) is 1. The maximum Gasteiger partial charge on any atom is 0.267 e. The third-order valence-corrected chi connectivity index (χ3v) is 2.09. The van der Waals surface area contributed by atoms with E-state index in [0.29, 0.717) is 0 Å². The highest BCUT2D eigenvalue weighted by Gasteiger charge is 2.19. The van der Waals surface area contributed by atoms with Gasteiger partial charge in [0, 0.05) is 6.20 Å². The summed E-state index contributed by atoms with van der Waals surface area (Å²) in [5.41, 5.74) is 4.89. The second-order valence-electron chi connectivity index (χ2n) is 2.31. The second kappa shape index (κ2) is 4.07. The molecular formula is C7H6Cl2F2N2. The first-order valence-electron chi connectivity index (χ1n) is 3.34. The smallest absolute Gasteiger partial charge is 0.267 e. The van der Waals surface area contributed by atoms with Crippen LogP contribution in [0.15, 0.2) is 6.20 Å². The van der Waals surface area contributed by atoms with Crippen LogP contribution in [0.1, 0.15) is 17.7 Å². The number of anilines is 1. The van der Waals surface area contributed by atoms with Gasteiger partial charge in [-0.15, -0.1) is 11.6 Å². The Morgan fingerprint density at radius 2 is 2.15 bits per heavy atom. The molecule has 0 bridgehead atoms. The molecule has 0 spiro atoms. The first-order chi connectivity index (χ1) is 6.07. The maximum atomic E-state index is 12.4. The molecule has 72 valence electrons. The Hall–Kier alpha value is -0.610. The molecule has 13 heavy (non-hydrogen) atoms. The van der Waals surface area contributed by atoms with Gasteiger partial charge in [-0.1, -0.05) is 11.6 Å². The first-order valence-corrected chi connectivity index (χ1v) is 4.26. The highest BCUT2D eigenvalue weighted by Crippen LogP contribution is 2.32. The third-order valence-electron chi connectivity index (χ3n) is 1.54. The summed E-state index contributed by atoms with van der Waals surface area (Å²) in [6.07, 6.45) is -1.50. The third kappa shape index (κ3) is 2.00. The van der Waals surface area contributed by atoms with Crippen molar-refractivity contribution in [1.29, 1.82) is 0 Å². The molecule has 0 fully saturated rings. The topological polar surface area (TPSA) is 38.9 Å². The van der Waals surface area contributed by atoms with Crippen molar-refractivity contribution in [2.24, 2.45) is 0 Å². The lowest BCUT2D eigenvalue weighted by Gasteiger charge is -2.09. The average molecular weight is 227 g/mol. The van der Waals surface area contributed by atoms with Crippen molar-refractivity contribution in [2.45, 2.75) is 12.3 Å². The Kier molecular flexibility index (Phi) is 3.27. The SMILES string of the molecule is Nc1c(Cl)cnc(CCl)c1C(F)F. The quantitative estimate of drug-likeness (QED) is 0.788. The van der Waals surface area contributed by atoms with Crippen LogP contribution in [0.3, 0.4) is 0 Å². The fourth-order valence-corrected chi connectivity index (χ4v) is 1.27. The number of halogens is 4. The lowest BCUT2D eigenvalue weighted by molar-refractivity contribution is 0.151. The standard InChI is InChI=1S/C7H6Cl2F2N2/c8-1-4-5(7(10)11)6(12)3(9)2-13-4/h2,7H,1H2,(H2,12,13). The van der Waals surface area contributed by atoms with Crippen LogP contribution in [0.25, 0.3) is 0 Å². The summed E-state index contributed by atoms with van der Waals surface area (Å²) >= 11 is 10.9. The molecule has 1 aromatic rings. The zero-order valence-corrected chi connectivity index (χ0v) is 7.91. The van der Waals surface area contributed by atoms with Gasteiger partial charge in [0.05, 0.1) is 27.8 Å². The van der Waals surface area contributed by atoms with Crippen LogP contribution in [0.4, 0.5) is 14.5 Å². The van der Waals surface area contributed by atoms with Crippen LogP contribution in [0.5, 0.6) is 0 Å². The molecule has 0 unspecified atom stereocenters. The number of nitrogens with zero attached hydrogens (tertiary/aromatic N) is 1. The van der Waals surface area contributed by atoms with Crippen LogP contribution < -0.4 is 5.73 Å². The molecule has 6 heteroatoms. The minimum atomic E-state index is -2.71. The van der Waals surface area contributed by atoms with E-state index in [4.69, 9.17) is 28.9 Å². The van der Waals surface area contributed by atoms with Gasteiger partial charge in [-0.25, -0.2) is 8.78 Å². The molecule has 0 aliphatic rings. The van der Waals surface area contributed by atoms with Gasteiger partial charge in [0.1, 0.15) is 0 Å². The molecule has 0 amide bonds. The van der Waals surface area contributed by atoms with Crippen LogP contribution >= 0.6 is 23.2 Å². The summed E-state index contributed by atoms with van der Waals surface area (Å²) in [4.78, 5) is 3.65. The van der Waals surface area contributed by atoms with Gasteiger partial charge in [-0.3, -0.25) is 4.98 Å². The fourth-order valence-electron chi connectivity index (χ4n) is 0.908. The van der Waals surface area contributed by atoms with Gasteiger partial charge >= 0.3 is 0 Å². The summed E-state index contributed by atoms with van der Waals surface area (Å²) in [5.74, 6) is -0.110. The summed E-state index contributed by atoms with van der Waals surface area (Å²) in [5, 5.41) is 0.0177. The van der Waals surface area contributed by atoms with Gasteiger partial charge in [-0.05, 0) is 0 Å². The normalized spacial score (nSPS) is 10.8. The van der Waals surface area contributed by atoms with E-state index >= 15 is 0 Å². The van der Waals surface area contributed by atoms with E-state index in [1.54, 1.807) is 0 Å². The monoisotopic (exact) mass is 226 g/mol. The minimum absolute atomic E-state index is 0.0177. The van der Waals surface area contributed by atoms with E-state index in [0.717, 1.165) is 0 Å². The largest absolute Gasteiger partial charge is 0.397 e. The molecule has 1 aromatic heterocycles. The van der Waals surface area contributed by atoms with Crippen molar-refractivity contribution < 1.29 is 8.78 Å². The number of rotatable bonds is 2. The molecule has 0 aromatic carbocycles.